The van der Waals surface area contributed by atoms with Gasteiger partial charge in [-0.2, -0.15) is 4.98 Å². The van der Waals surface area contributed by atoms with E-state index in [1.54, 1.807) is 6.92 Å². The molecule has 0 saturated carbocycles. The molecule has 1 fully saturated rings. The number of anilines is 1. The maximum Gasteiger partial charge on any atom is 0.351 e. The lowest BCUT2D eigenvalue weighted by Crippen LogP contribution is -2.35. The first-order valence-corrected chi connectivity index (χ1v) is 7.31. The molecule has 2 heterocycles. The van der Waals surface area contributed by atoms with Gasteiger partial charge in [-0.25, -0.2) is 13.6 Å². The molecule has 1 aliphatic heterocycles. The van der Waals surface area contributed by atoms with Gasteiger partial charge in [0.15, 0.2) is 24.0 Å². The highest BCUT2D eigenvalue weighted by atomic mass is 35.5. The van der Waals surface area contributed by atoms with Crippen LogP contribution in [0.3, 0.4) is 0 Å². The predicted molar refractivity (Wildman–Crippen MR) is 75.4 cm³/mol. The molecule has 2 N–H and O–H groups in total. The molecule has 118 valence electrons. The Balaban J connectivity index is 2.42. The number of halogens is 3. The summed E-state index contributed by atoms with van der Waals surface area (Å²) in [6.45, 7) is 3.57. The van der Waals surface area contributed by atoms with Crippen molar-refractivity contribution in [1.29, 1.82) is 0 Å². The van der Waals surface area contributed by atoms with Gasteiger partial charge in [0.05, 0.1) is 11.8 Å². The first-order valence-electron chi connectivity index (χ1n) is 6.78. The number of alkyl halides is 2. The average molecular weight is 322 g/mol. The minimum atomic E-state index is -1.46. The fraction of sp³-hybridized carbons (Fsp3) is 0.692. The molecule has 0 radical (unpaired) electrons. The zero-order valence-electron chi connectivity index (χ0n) is 11.9. The van der Waals surface area contributed by atoms with Gasteiger partial charge in [0, 0.05) is 11.8 Å². The van der Waals surface area contributed by atoms with Crippen LogP contribution in [0.5, 0.6) is 0 Å². The molecule has 1 saturated heterocycles. The number of rotatable bonds is 4. The van der Waals surface area contributed by atoms with Crippen molar-refractivity contribution in [2.75, 3.05) is 11.6 Å². The van der Waals surface area contributed by atoms with Crippen LogP contribution in [0.2, 0.25) is 0 Å². The van der Waals surface area contributed by atoms with Crippen LogP contribution >= 0.6 is 11.6 Å². The van der Waals surface area contributed by atoms with E-state index in [0.717, 1.165) is 10.8 Å². The van der Waals surface area contributed by atoms with Crippen LogP contribution < -0.4 is 11.4 Å². The molecule has 0 aliphatic carbocycles. The van der Waals surface area contributed by atoms with E-state index in [1.807, 2.05) is 6.92 Å². The number of nitrogen functional groups attached to an aromatic ring is 1. The first kappa shape index (κ1) is 16.2. The minimum Gasteiger partial charge on any atom is -0.381 e. The molecule has 1 aromatic rings. The standard InChI is InChI=1S/C13H18ClF2N3O2/c1-3-13(4-5-14)7(2)9(16)11(21-13)19-6-8(15)10(17)18-12(19)20/h6-7,9,11H,3-5H2,1-2H3,(H2,17,18,20)/t7-,9-,11+,13-/m0/s1. The van der Waals surface area contributed by atoms with Gasteiger partial charge in [0.1, 0.15) is 0 Å². The van der Waals surface area contributed by atoms with Crippen LogP contribution in [0.4, 0.5) is 14.6 Å². The quantitative estimate of drug-likeness (QED) is 0.863. The number of hydrogen-bond acceptors (Lipinski definition) is 4. The van der Waals surface area contributed by atoms with Gasteiger partial charge in [-0.1, -0.05) is 13.8 Å². The molecule has 0 unspecified atom stereocenters. The fourth-order valence-electron chi connectivity index (χ4n) is 2.83. The van der Waals surface area contributed by atoms with Crippen molar-refractivity contribution in [2.45, 2.75) is 44.7 Å². The second kappa shape index (κ2) is 5.88. The Kier molecular flexibility index (Phi) is 4.53. The van der Waals surface area contributed by atoms with Crippen LogP contribution in [0, 0.1) is 11.7 Å². The fourth-order valence-corrected chi connectivity index (χ4v) is 3.15. The van der Waals surface area contributed by atoms with E-state index in [0.29, 0.717) is 18.7 Å². The van der Waals surface area contributed by atoms with Crippen molar-refractivity contribution in [3.05, 3.63) is 22.5 Å². The molecule has 0 bridgehead atoms. The molecule has 5 nitrogen and oxygen atoms in total. The van der Waals surface area contributed by atoms with Crippen LogP contribution in [0.1, 0.15) is 32.9 Å². The Hall–Kier alpha value is -1.21. The van der Waals surface area contributed by atoms with Gasteiger partial charge in [-0.15, -0.1) is 11.6 Å². The molecule has 1 aromatic heterocycles. The summed E-state index contributed by atoms with van der Waals surface area (Å²) >= 11 is 5.77. The lowest BCUT2D eigenvalue weighted by atomic mass is 9.83. The van der Waals surface area contributed by atoms with Gasteiger partial charge in [0.2, 0.25) is 0 Å². The lowest BCUT2D eigenvalue weighted by Gasteiger charge is -2.31. The monoisotopic (exact) mass is 321 g/mol. The van der Waals surface area contributed by atoms with Gasteiger partial charge < -0.3 is 10.5 Å². The lowest BCUT2D eigenvalue weighted by molar-refractivity contribution is -0.0933. The molecule has 4 atom stereocenters. The number of nitrogens with two attached hydrogens (primary N) is 1. The summed E-state index contributed by atoms with van der Waals surface area (Å²) in [5.41, 5.74) is 3.61. The smallest absolute Gasteiger partial charge is 0.351 e. The van der Waals surface area contributed by atoms with Crippen LogP contribution in [0.15, 0.2) is 11.0 Å². The molecule has 8 heteroatoms. The largest absolute Gasteiger partial charge is 0.381 e. The molecular weight excluding hydrogens is 304 g/mol. The topological polar surface area (TPSA) is 70.1 Å². The maximum absolute atomic E-state index is 14.6. The first-order chi connectivity index (χ1) is 9.86. The Morgan fingerprint density at radius 2 is 2.29 bits per heavy atom. The van der Waals surface area contributed by atoms with Crippen molar-refractivity contribution in [3.63, 3.8) is 0 Å². The molecular formula is C13H18ClF2N3O2. The molecule has 2 rings (SSSR count). The highest BCUT2D eigenvalue weighted by Gasteiger charge is 2.52. The maximum atomic E-state index is 14.6. The Morgan fingerprint density at radius 1 is 1.62 bits per heavy atom. The van der Waals surface area contributed by atoms with Crippen LogP contribution in [-0.4, -0.2) is 27.2 Å². The Bertz CT molecular complexity index is 583. The summed E-state index contributed by atoms with van der Waals surface area (Å²) < 4.78 is 34.7. The second-order valence-electron chi connectivity index (χ2n) is 5.26. The van der Waals surface area contributed by atoms with Crippen molar-refractivity contribution < 1.29 is 13.5 Å². The zero-order valence-corrected chi connectivity index (χ0v) is 12.6. The number of nitrogens with zero attached hydrogens (tertiary/aromatic N) is 2. The van der Waals surface area contributed by atoms with Gasteiger partial charge >= 0.3 is 5.69 Å². The summed E-state index contributed by atoms with van der Waals surface area (Å²) in [4.78, 5) is 15.2. The van der Waals surface area contributed by atoms with Crippen LogP contribution in [-0.2, 0) is 4.74 Å². The van der Waals surface area contributed by atoms with Gasteiger partial charge in [0.25, 0.3) is 0 Å². The highest BCUT2D eigenvalue weighted by molar-refractivity contribution is 6.17. The van der Waals surface area contributed by atoms with Crippen molar-refractivity contribution >= 4 is 17.4 Å². The van der Waals surface area contributed by atoms with Crippen molar-refractivity contribution in [3.8, 4) is 0 Å². The third-order valence-electron chi connectivity index (χ3n) is 4.26. The third kappa shape index (κ3) is 2.64. The highest BCUT2D eigenvalue weighted by Crippen LogP contribution is 2.46. The van der Waals surface area contributed by atoms with E-state index < -0.39 is 41.2 Å². The van der Waals surface area contributed by atoms with E-state index in [1.165, 1.54) is 0 Å². The third-order valence-corrected chi connectivity index (χ3v) is 4.45. The zero-order chi connectivity index (χ0) is 15.8. The van der Waals surface area contributed by atoms with Gasteiger partial charge in [-0.05, 0) is 12.8 Å². The van der Waals surface area contributed by atoms with Gasteiger partial charge in [-0.3, -0.25) is 4.57 Å². The molecule has 0 aromatic carbocycles. The summed E-state index contributed by atoms with van der Waals surface area (Å²) in [6.07, 6.45) is -0.865. The SMILES string of the molecule is CC[C@@]1(CCCl)O[C@@H](n2cc(F)c(N)nc2=O)[C@@H](F)[C@@H]1C. The second-order valence-corrected chi connectivity index (χ2v) is 5.64. The van der Waals surface area contributed by atoms with E-state index in [9.17, 15) is 13.6 Å². The number of aromatic nitrogens is 2. The van der Waals surface area contributed by atoms with E-state index >= 15 is 0 Å². The Labute approximate surface area is 126 Å². The van der Waals surface area contributed by atoms with Crippen LogP contribution in [0.25, 0.3) is 0 Å². The normalized spacial score (nSPS) is 32.5. The van der Waals surface area contributed by atoms with E-state index in [-0.39, 0.29) is 0 Å². The molecule has 0 spiro atoms. The predicted octanol–water partition coefficient (Wildman–Crippen LogP) is 2.25. The summed E-state index contributed by atoms with van der Waals surface area (Å²) in [7, 11) is 0. The average Bonchev–Trinajstić information content (AvgIpc) is 2.69. The number of ether oxygens (including phenoxy) is 1. The summed E-state index contributed by atoms with van der Waals surface area (Å²) in [6, 6.07) is 0. The van der Waals surface area contributed by atoms with E-state index in [4.69, 9.17) is 22.1 Å². The summed E-state index contributed by atoms with van der Waals surface area (Å²) in [5, 5.41) is 0. The van der Waals surface area contributed by atoms with E-state index in [2.05, 4.69) is 4.98 Å². The molecule has 1 aliphatic rings. The minimum absolute atomic E-state index is 0.306. The summed E-state index contributed by atoms with van der Waals surface area (Å²) in [5.74, 6) is -1.57. The number of hydrogen-bond donors (Lipinski definition) is 1. The Morgan fingerprint density at radius 3 is 2.86 bits per heavy atom. The van der Waals surface area contributed by atoms with Crippen molar-refractivity contribution in [2.24, 2.45) is 5.92 Å². The molecule has 0 amide bonds. The molecule has 21 heavy (non-hydrogen) atoms. The van der Waals surface area contributed by atoms with Crippen molar-refractivity contribution in [1.82, 2.24) is 9.55 Å².